The number of ether oxygens (including phenoxy) is 2. The number of rotatable bonds is 6. The van der Waals surface area contributed by atoms with Crippen LogP contribution in [0.3, 0.4) is 0 Å². The Bertz CT molecular complexity index is 1960. The lowest BCUT2D eigenvalue weighted by Crippen LogP contribution is -2.53. The number of hydrogen-bond acceptors (Lipinski definition) is 8. The van der Waals surface area contributed by atoms with Gasteiger partial charge in [0, 0.05) is 34.2 Å². The topological polar surface area (TPSA) is 125 Å². The van der Waals surface area contributed by atoms with Crippen LogP contribution in [0.25, 0.3) is 0 Å². The number of halogens is 2. The van der Waals surface area contributed by atoms with E-state index < -0.39 is 58.2 Å². The highest BCUT2D eigenvalue weighted by atomic mass is 35.5. The van der Waals surface area contributed by atoms with Gasteiger partial charge in [0.1, 0.15) is 23.1 Å². The second-order valence-corrected chi connectivity index (χ2v) is 14.8. The molecule has 6 atom stereocenters. The van der Waals surface area contributed by atoms with Crippen molar-refractivity contribution in [1.82, 2.24) is 9.91 Å². The average Bonchev–Trinajstić information content (AvgIpc) is 3.47. The van der Waals surface area contributed by atoms with Crippen molar-refractivity contribution in [3.8, 4) is 17.2 Å². The van der Waals surface area contributed by atoms with Crippen LogP contribution in [0.15, 0.2) is 72.3 Å². The zero-order chi connectivity index (χ0) is 35.9. The Morgan fingerprint density at radius 2 is 1.60 bits per heavy atom. The van der Waals surface area contributed by atoms with E-state index in [0.717, 1.165) is 5.01 Å². The van der Waals surface area contributed by atoms with E-state index in [9.17, 15) is 23.9 Å². The standard InChI is InChI=1S/C38H37ClFN3O7/c1-37(2,3)42-33(45)25-15-14-24-26(30(25)35(42)47)18-27-34(46)43(41-22-12-10-21(40)11-13-22)36(48)38(27,19-6-8-20(39)9-7-19)32(24)31-28(44)16-23(49-4)17-29(31)50-5/h6-14,16-17,25-27,30,32,41,44H,15,18H2,1-5H3. The SMILES string of the molecule is COc1cc(O)c(C2C3=CCC4C(=O)N(C(C)(C)C)C(=O)C4C3CC3C(=O)N(Nc4ccc(F)cc4)C(=O)C32c2ccc(Cl)cc2)c(OC)c1. The Hall–Kier alpha value is -4.90. The van der Waals surface area contributed by atoms with E-state index in [1.165, 1.54) is 49.5 Å². The van der Waals surface area contributed by atoms with Crippen molar-refractivity contribution >= 4 is 40.9 Å². The van der Waals surface area contributed by atoms with Crippen LogP contribution >= 0.6 is 11.6 Å². The van der Waals surface area contributed by atoms with Crippen molar-refractivity contribution in [2.75, 3.05) is 19.6 Å². The molecule has 0 spiro atoms. The molecule has 0 aromatic heterocycles. The third-order valence-corrected chi connectivity index (χ3v) is 11.0. The van der Waals surface area contributed by atoms with Crippen LogP contribution in [0.1, 0.15) is 50.7 Å². The van der Waals surface area contributed by atoms with Crippen LogP contribution in [0.4, 0.5) is 10.1 Å². The highest BCUT2D eigenvalue weighted by Crippen LogP contribution is 2.66. The van der Waals surface area contributed by atoms with Crippen LogP contribution in [0.5, 0.6) is 17.2 Å². The number of nitrogens with one attached hydrogen (secondary N) is 1. The van der Waals surface area contributed by atoms with Gasteiger partial charge in [-0.25, -0.2) is 4.39 Å². The maximum atomic E-state index is 15.3. The summed E-state index contributed by atoms with van der Waals surface area (Å²) in [6.07, 6.45) is 2.19. The number of nitrogens with zero attached hydrogens (tertiary/aromatic N) is 2. The van der Waals surface area contributed by atoms with Crippen molar-refractivity contribution in [3.05, 3.63) is 94.3 Å². The zero-order valence-corrected chi connectivity index (χ0v) is 29.0. The number of imide groups is 2. The molecule has 10 nitrogen and oxygen atoms in total. The summed E-state index contributed by atoms with van der Waals surface area (Å²) in [6.45, 7) is 5.42. The van der Waals surface area contributed by atoms with Gasteiger partial charge in [-0.3, -0.25) is 29.5 Å². The summed E-state index contributed by atoms with van der Waals surface area (Å²) in [7, 11) is 2.88. The molecule has 4 aliphatic rings. The first-order valence-corrected chi connectivity index (χ1v) is 16.8. The number of methoxy groups -OCH3 is 2. The molecule has 3 aromatic carbocycles. The lowest BCUT2D eigenvalue weighted by Gasteiger charge is -2.50. The van der Waals surface area contributed by atoms with Gasteiger partial charge in [0.2, 0.25) is 11.8 Å². The first-order chi connectivity index (χ1) is 23.7. The minimum atomic E-state index is -1.68. The Morgan fingerprint density at radius 3 is 2.22 bits per heavy atom. The van der Waals surface area contributed by atoms with Gasteiger partial charge in [0.15, 0.2) is 0 Å². The van der Waals surface area contributed by atoms with E-state index >= 15 is 4.79 Å². The molecule has 2 heterocycles. The largest absolute Gasteiger partial charge is 0.507 e. The quantitative estimate of drug-likeness (QED) is 0.238. The number of likely N-dealkylation sites (tertiary alicyclic amines) is 1. The van der Waals surface area contributed by atoms with Crippen molar-refractivity contribution in [2.24, 2.45) is 23.7 Å². The fourth-order valence-electron chi connectivity index (χ4n) is 8.79. The number of hydrazine groups is 1. The zero-order valence-electron chi connectivity index (χ0n) is 28.2. The summed E-state index contributed by atoms with van der Waals surface area (Å²) in [5.41, 5.74) is 2.10. The summed E-state index contributed by atoms with van der Waals surface area (Å²) in [5, 5.41) is 13.2. The lowest BCUT2D eigenvalue weighted by atomic mass is 9.49. The predicted octanol–water partition coefficient (Wildman–Crippen LogP) is 5.99. The van der Waals surface area contributed by atoms with Crippen LogP contribution in [-0.4, -0.2) is 58.4 Å². The normalized spacial score (nSPS) is 27.5. The van der Waals surface area contributed by atoms with E-state index in [4.69, 9.17) is 21.1 Å². The Balaban J connectivity index is 1.51. The number of benzene rings is 3. The van der Waals surface area contributed by atoms with Crippen LogP contribution < -0.4 is 14.9 Å². The second kappa shape index (κ2) is 11.9. The number of carbonyl (C=O) groups is 4. The summed E-state index contributed by atoms with van der Waals surface area (Å²) < 4.78 is 25.1. The Morgan fingerprint density at radius 1 is 0.920 bits per heavy atom. The molecule has 2 aliphatic carbocycles. The summed E-state index contributed by atoms with van der Waals surface area (Å²) >= 11 is 6.35. The van der Waals surface area contributed by atoms with Gasteiger partial charge in [-0.1, -0.05) is 35.4 Å². The molecule has 12 heteroatoms. The fourth-order valence-corrected chi connectivity index (χ4v) is 8.92. The van der Waals surface area contributed by atoms with E-state index in [0.29, 0.717) is 27.6 Å². The number of anilines is 1. The van der Waals surface area contributed by atoms with Crippen LogP contribution in [0.2, 0.25) is 5.02 Å². The van der Waals surface area contributed by atoms with Gasteiger partial charge in [-0.15, -0.1) is 0 Å². The number of phenolic OH excluding ortho intramolecular Hbond substituents is 1. The molecule has 6 unspecified atom stereocenters. The van der Waals surface area contributed by atoms with E-state index in [1.54, 1.807) is 30.3 Å². The molecule has 2 saturated heterocycles. The van der Waals surface area contributed by atoms with Gasteiger partial charge in [0.25, 0.3) is 11.8 Å². The molecule has 2 N–H and O–H groups in total. The van der Waals surface area contributed by atoms with Gasteiger partial charge >= 0.3 is 0 Å². The van der Waals surface area contributed by atoms with E-state index in [-0.39, 0.29) is 41.7 Å². The van der Waals surface area contributed by atoms with Gasteiger partial charge in [0.05, 0.1) is 43.1 Å². The maximum absolute atomic E-state index is 15.3. The highest BCUT2D eigenvalue weighted by Gasteiger charge is 2.71. The number of phenols is 1. The van der Waals surface area contributed by atoms with Crippen molar-refractivity contribution < 1.29 is 38.1 Å². The molecule has 0 bridgehead atoms. The second-order valence-electron chi connectivity index (χ2n) is 14.3. The maximum Gasteiger partial charge on any atom is 0.260 e. The van der Waals surface area contributed by atoms with Crippen molar-refractivity contribution in [2.45, 2.75) is 50.5 Å². The average molecular weight is 702 g/mol. The third-order valence-electron chi connectivity index (χ3n) is 10.8. The molecule has 0 radical (unpaired) electrons. The fraction of sp³-hybridized carbons (Fsp3) is 0.368. The summed E-state index contributed by atoms with van der Waals surface area (Å²) in [6, 6.07) is 14.9. The van der Waals surface area contributed by atoms with Gasteiger partial charge in [-0.05, 0) is 81.5 Å². The molecule has 7 rings (SSSR count). The molecule has 50 heavy (non-hydrogen) atoms. The Kier molecular flexibility index (Phi) is 7.97. The molecular weight excluding hydrogens is 665 g/mol. The van der Waals surface area contributed by atoms with Crippen LogP contribution in [-0.2, 0) is 24.6 Å². The minimum Gasteiger partial charge on any atom is -0.507 e. The van der Waals surface area contributed by atoms with E-state index in [2.05, 4.69) is 5.43 Å². The molecule has 1 saturated carbocycles. The molecular formula is C38H37ClFN3O7. The number of carbonyl (C=O) groups excluding carboxylic acids is 4. The number of hydrogen-bond donors (Lipinski definition) is 2. The number of aromatic hydroxyl groups is 1. The molecule has 260 valence electrons. The predicted molar refractivity (Wildman–Crippen MR) is 182 cm³/mol. The van der Waals surface area contributed by atoms with Crippen LogP contribution in [0, 0.1) is 29.5 Å². The number of allylic oxidation sites excluding steroid dienone is 2. The number of fused-ring (bicyclic) bond motifs is 4. The molecule has 4 amide bonds. The monoisotopic (exact) mass is 701 g/mol. The van der Waals surface area contributed by atoms with Gasteiger partial charge in [-0.2, -0.15) is 5.01 Å². The van der Waals surface area contributed by atoms with Crippen molar-refractivity contribution in [3.63, 3.8) is 0 Å². The van der Waals surface area contributed by atoms with Crippen molar-refractivity contribution in [1.29, 1.82) is 0 Å². The lowest BCUT2D eigenvalue weighted by molar-refractivity contribution is -0.146. The first kappa shape index (κ1) is 33.6. The first-order valence-electron chi connectivity index (χ1n) is 16.4. The molecule has 3 aromatic rings. The minimum absolute atomic E-state index is 0.0640. The number of amides is 4. The summed E-state index contributed by atoms with van der Waals surface area (Å²) in [4.78, 5) is 59.5. The smallest absolute Gasteiger partial charge is 0.260 e. The van der Waals surface area contributed by atoms with Gasteiger partial charge < -0.3 is 14.6 Å². The van der Waals surface area contributed by atoms with E-state index in [1.807, 2.05) is 26.8 Å². The third kappa shape index (κ3) is 4.80. The Labute approximate surface area is 293 Å². The molecule has 3 fully saturated rings. The summed E-state index contributed by atoms with van der Waals surface area (Å²) in [5.74, 6) is -6.21. The highest BCUT2D eigenvalue weighted by molar-refractivity contribution is 6.30. The molecule has 2 aliphatic heterocycles.